The Labute approximate surface area is 202 Å². The molecule has 1 aliphatic rings. The molecule has 0 fully saturated rings. The van der Waals surface area contributed by atoms with Gasteiger partial charge in [-0.1, -0.05) is 31.6 Å². The molecule has 0 radical (unpaired) electrons. The Morgan fingerprint density at radius 1 is 1.09 bits per heavy atom. The van der Waals surface area contributed by atoms with Crippen LogP contribution in [-0.4, -0.2) is 20.1 Å². The van der Waals surface area contributed by atoms with Crippen LogP contribution in [0.3, 0.4) is 0 Å². The van der Waals surface area contributed by atoms with Gasteiger partial charge < -0.3 is 14.8 Å². The van der Waals surface area contributed by atoms with E-state index in [9.17, 15) is 4.79 Å². The van der Waals surface area contributed by atoms with Crippen LogP contribution in [-0.2, 0) is 0 Å². The molecule has 0 saturated heterocycles. The zero-order valence-corrected chi connectivity index (χ0v) is 20.9. The van der Waals surface area contributed by atoms with Crippen LogP contribution in [0.1, 0.15) is 62.9 Å². The molecule has 4 nitrogen and oxygen atoms in total. The second-order valence-corrected chi connectivity index (χ2v) is 9.36. The van der Waals surface area contributed by atoms with E-state index in [1.54, 1.807) is 56.5 Å². The molecule has 0 aromatic heterocycles. The van der Waals surface area contributed by atoms with Gasteiger partial charge in [-0.3, -0.25) is 4.79 Å². The molecule has 1 aliphatic carbocycles. The number of allylic oxidation sites excluding steroid dienone is 5. The van der Waals surface area contributed by atoms with Crippen LogP contribution in [0.2, 0.25) is 0 Å². The highest BCUT2D eigenvalue weighted by Gasteiger charge is 2.26. The molecule has 5 heteroatoms. The van der Waals surface area contributed by atoms with Crippen LogP contribution in [0.5, 0.6) is 11.5 Å². The summed E-state index contributed by atoms with van der Waals surface area (Å²) in [5.41, 5.74) is 4.58. The minimum absolute atomic E-state index is 0.0895. The lowest BCUT2D eigenvalue weighted by Gasteiger charge is -2.33. The molecule has 0 spiro atoms. The minimum Gasteiger partial charge on any atom is -0.497 e. The molecule has 2 aromatic rings. The fourth-order valence-electron chi connectivity index (χ4n) is 4.40. The van der Waals surface area contributed by atoms with Gasteiger partial charge in [-0.15, -0.1) is 0 Å². The number of hydrogen-bond acceptors (Lipinski definition) is 3. The number of nitrogens with one attached hydrogen (secondary N) is 1. The Morgan fingerprint density at radius 2 is 1.79 bits per heavy atom. The number of methoxy groups -OCH3 is 2. The highest BCUT2D eigenvalue weighted by molar-refractivity contribution is 6.04. The molecule has 1 amide bonds. The number of halogens is 1. The van der Waals surface area contributed by atoms with Gasteiger partial charge in [-0.25, -0.2) is 4.39 Å². The lowest BCUT2D eigenvalue weighted by atomic mass is 9.72. The first-order chi connectivity index (χ1) is 16.2. The third-order valence-corrected chi connectivity index (χ3v) is 6.44. The summed E-state index contributed by atoms with van der Waals surface area (Å²) in [6, 6.07) is 11.8. The van der Waals surface area contributed by atoms with E-state index >= 15 is 4.39 Å². The van der Waals surface area contributed by atoms with Crippen LogP contribution in [0.15, 0.2) is 71.3 Å². The highest BCUT2D eigenvalue weighted by Crippen LogP contribution is 2.41. The fourth-order valence-corrected chi connectivity index (χ4v) is 4.40. The second-order valence-electron chi connectivity index (χ2n) is 9.36. The molecular formula is C29H34FNO3. The van der Waals surface area contributed by atoms with Crippen molar-refractivity contribution in [1.82, 2.24) is 0 Å². The van der Waals surface area contributed by atoms with Crippen molar-refractivity contribution in [2.45, 2.75) is 47.0 Å². The molecule has 34 heavy (non-hydrogen) atoms. The summed E-state index contributed by atoms with van der Waals surface area (Å²) in [5.74, 6) is 0.329. The van der Waals surface area contributed by atoms with Gasteiger partial charge >= 0.3 is 0 Å². The van der Waals surface area contributed by atoms with E-state index in [0.717, 1.165) is 12.8 Å². The summed E-state index contributed by atoms with van der Waals surface area (Å²) in [5, 5.41) is 2.83. The number of carbonyl (C=O) groups excluding carboxylic acids is 1. The summed E-state index contributed by atoms with van der Waals surface area (Å²) in [6.45, 7) is 8.39. The molecule has 1 N–H and O–H groups in total. The van der Waals surface area contributed by atoms with Gasteiger partial charge in [0.25, 0.3) is 5.91 Å². The monoisotopic (exact) mass is 463 g/mol. The summed E-state index contributed by atoms with van der Waals surface area (Å²) in [6.07, 6.45) is 7.29. The molecule has 0 atom stereocenters. The number of amides is 1. The smallest absolute Gasteiger partial charge is 0.255 e. The third kappa shape index (κ3) is 5.77. The Bertz CT molecular complexity index is 1140. The van der Waals surface area contributed by atoms with Crippen LogP contribution < -0.4 is 14.8 Å². The van der Waals surface area contributed by atoms with Gasteiger partial charge in [0.15, 0.2) is 0 Å². The van der Waals surface area contributed by atoms with Crippen LogP contribution >= 0.6 is 0 Å². The van der Waals surface area contributed by atoms with Gasteiger partial charge in [0.2, 0.25) is 0 Å². The predicted molar refractivity (Wildman–Crippen MR) is 137 cm³/mol. The third-order valence-electron chi connectivity index (χ3n) is 6.44. The van der Waals surface area contributed by atoms with Crippen molar-refractivity contribution in [3.05, 3.63) is 82.5 Å². The molecule has 0 aliphatic heterocycles. The molecule has 0 bridgehead atoms. The number of anilines is 1. The Hall–Kier alpha value is -3.34. The quantitative estimate of drug-likeness (QED) is 0.427. The molecular weight excluding hydrogens is 429 g/mol. The maximum absolute atomic E-state index is 15.4. The fraction of sp³-hybridized carbons (Fsp3) is 0.345. The van der Waals surface area contributed by atoms with Crippen molar-refractivity contribution < 1.29 is 18.7 Å². The van der Waals surface area contributed by atoms with Crippen molar-refractivity contribution >= 4 is 17.4 Å². The number of ether oxygens (including phenoxy) is 2. The SMILES string of the molecule is COc1ccc(NC(=O)c2ccc(/C(F)=C(C)/C=C/C3=C(C)CCCC3(C)C)c(OC)c2)cc1. The summed E-state index contributed by atoms with van der Waals surface area (Å²) < 4.78 is 26.0. The summed E-state index contributed by atoms with van der Waals surface area (Å²) in [4.78, 5) is 12.7. The molecule has 2 aromatic carbocycles. The number of benzene rings is 2. The lowest BCUT2D eigenvalue weighted by Crippen LogP contribution is -2.19. The predicted octanol–water partition coefficient (Wildman–Crippen LogP) is 7.74. The maximum atomic E-state index is 15.4. The maximum Gasteiger partial charge on any atom is 0.255 e. The van der Waals surface area contributed by atoms with Gasteiger partial charge in [0.1, 0.15) is 17.3 Å². The molecule has 0 heterocycles. The van der Waals surface area contributed by atoms with Crippen molar-refractivity contribution in [2.24, 2.45) is 5.41 Å². The second kappa shape index (κ2) is 10.7. The number of hydrogen-bond donors (Lipinski definition) is 1. The normalized spacial score (nSPS) is 16.3. The molecule has 0 unspecified atom stereocenters. The zero-order valence-electron chi connectivity index (χ0n) is 20.9. The number of carbonyl (C=O) groups is 1. The van der Waals surface area contributed by atoms with Gasteiger partial charge in [-0.2, -0.15) is 0 Å². The molecule has 3 rings (SSSR count). The van der Waals surface area contributed by atoms with Crippen LogP contribution in [0.25, 0.3) is 5.83 Å². The average Bonchev–Trinajstić information content (AvgIpc) is 2.82. The Balaban J connectivity index is 1.83. The standard InChI is InChI=1S/C29H34FNO3/c1-19-8-7-17-29(3,4)25(19)16-9-20(2)27(30)24-15-10-21(18-26(24)34-6)28(32)31-22-11-13-23(33-5)14-12-22/h9-16,18H,7-8,17H2,1-6H3,(H,31,32)/b16-9+,27-20-. The molecule has 180 valence electrons. The van der Waals surface area contributed by atoms with Crippen LogP contribution in [0, 0.1) is 5.41 Å². The van der Waals surface area contributed by atoms with Crippen LogP contribution in [0.4, 0.5) is 10.1 Å². The number of rotatable bonds is 7. The molecule has 0 saturated carbocycles. The average molecular weight is 464 g/mol. The Kier molecular flexibility index (Phi) is 7.98. The van der Waals surface area contributed by atoms with Crippen molar-refractivity contribution in [2.75, 3.05) is 19.5 Å². The van der Waals surface area contributed by atoms with E-state index in [1.807, 2.05) is 12.2 Å². The first kappa shape index (κ1) is 25.3. The summed E-state index contributed by atoms with van der Waals surface area (Å²) in [7, 11) is 3.06. The topological polar surface area (TPSA) is 47.6 Å². The van der Waals surface area contributed by atoms with Gasteiger partial charge in [0.05, 0.1) is 19.8 Å². The van der Waals surface area contributed by atoms with E-state index in [4.69, 9.17) is 9.47 Å². The highest BCUT2D eigenvalue weighted by atomic mass is 19.1. The van der Waals surface area contributed by atoms with Gasteiger partial charge in [0, 0.05) is 11.3 Å². The lowest BCUT2D eigenvalue weighted by molar-refractivity contribution is 0.102. The first-order valence-electron chi connectivity index (χ1n) is 11.5. The van der Waals surface area contributed by atoms with Gasteiger partial charge in [-0.05, 0) is 92.1 Å². The van der Waals surface area contributed by atoms with Crippen molar-refractivity contribution in [1.29, 1.82) is 0 Å². The van der Waals surface area contributed by atoms with E-state index in [1.165, 1.54) is 24.7 Å². The van der Waals surface area contributed by atoms with E-state index in [0.29, 0.717) is 33.9 Å². The zero-order chi connectivity index (χ0) is 24.9. The largest absolute Gasteiger partial charge is 0.497 e. The van der Waals surface area contributed by atoms with Crippen molar-refractivity contribution in [3.63, 3.8) is 0 Å². The minimum atomic E-state index is -0.373. The summed E-state index contributed by atoms with van der Waals surface area (Å²) >= 11 is 0. The van der Waals surface area contributed by atoms with E-state index in [2.05, 4.69) is 26.1 Å². The Morgan fingerprint density at radius 3 is 2.41 bits per heavy atom. The van der Waals surface area contributed by atoms with Crippen molar-refractivity contribution in [3.8, 4) is 11.5 Å². The van der Waals surface area contributed by atoms with E-state index in [-0.39, 0.29) is 17.1 Å². The first-order valence-corrected chi connectivity index (χ1v) is 11.5. The van der Waals surface area contributed by atoms with E-state index < -0.39 is 0 Å².